The Kier molecular flexibility index (Phi) is 4.17. The zero-order valence-corrected chi connectivity index (χ0v) is 12.1. The summed E-state index contributed by atoms with van der Waals surface area (Å²) in [4.78, 5) is 16.1. The summed E-state index contributed by atoms with van der Waals surface area (Å²) in [5.41, 5.74) is 0.781. The second-order valence-electron chi connectivity index (χ2n) is 4.93. The lowest BCUT2D eigenvalue weighted by Crippen LogP contribution is -2.31. The van der Waals surface area contributed by atoms with Gasteiger partial charge in [0.15, 0.2) is 0 Å². The molecule has 1 amide bonds. The quantitative estimate of drug-likeness (QED) is 0.897. The largest absolute Gasteiger partial charge is 0.347 e. The number of rotatable bonds is 4. The van der Waals surface area contributed by atoms with Crippen LogP contribution in [0.4, 0.5) is 0 Å². The van der Waals surface area contributed by atoms with Crippen LogP contribution in [0.1, 0.15) is 12.3 Å². The summed E-state index contributed by atoms with van der Waals surface area (Å²) in [6, 6.07) is 7.22. The third-order valence-electron chi connectivity index (χ3n) is 3.40. The zero-order chi connectivity index (χ0) is 14.7. The highest BCUT2D eigenvalue weighted by Crippen LogP contribution is 2.19. The minimum atomic E-state index is 0.0162. The molecule has 0 radical (unpaired) electrons. The van der Waals surface area contributed by atoms with E-state index in [9.17, 15) is 4.79 Å². The first-order valence-electron chi connectivity index (χ1n) is 6.79. The molecule has 2 aromatic rings. The van der Waals surface area contributed by atoms with Gasteiger partial charge in [0.1, 0.15) is 0 Å². The van der Waals surface area contributed by atoms with Crippen molar-refractivity contribution in [1.29, 1.82) is 0 Å². The number of carbonyl (C=O) groups is 1. The molecule has 1 fully saturated rings. The first-order chi connectivity index (χ1) is 10.2. The molecule has 1 unspecified atom stereocenters. The lowest BCUT2D eigenvalue weighted by atomic mass is 10.1. The van der Waals surface area contributed by atoms with Crippen molar-refractivity contribution in [3.8, 4) is 11.4 Å². The Morgan fingerprint density at radius 1 is 1.52 bits per heavy atom. The second kappa shape index (κ2) is 6.24. The van der Waals surface area contributed by atoms with E-state index in [0.717, 1.165) is 25.1 Å². The van der Waals surface area contributed by atoms with Crippen LogP contribution >= 0.6 is 11.6 Å². The fourth-order valence-corrected chi connectivity index (χ4v) is 2.45. The van der Waals surface area contributed by atoms with Crippen LogP contribution in [0, 0.1) is 5.92 Å². The van der Waals surface area contributed by atoms with Gasteiger partial charge < -0.3 is 15.2 Å². The fraction of sp³-hybridized carbons (Fsp3) is 0.357. The number of benzene rings is 1. The number of nitrogens with zero attached hydrogens (tertiary/aromatic N) is 2. The summed E-state index contributed by atoms with van der Waals surface area (Å²) in [7, 11) is 0. The van der Waals surface area contributed by atoms with Gasteiger partial charge in [-0.25, -0.2) is 0 Å². The second-order valence-corrected chi connectivity index (χ2v) is 5.37. The molecule has 6 nitrogen and oxygen atoms in total. The van der Waals surface area contributed by atoms with Crippen molar-refractivity contribution in [3.05, 3.63) is 35.2 Å². The Labute approximate surface area is 126 Å². The molecule has 21 heavy (non-hydrogen) atoms. The SMILES string of the molecule is O=C(NCc1nc(-c2cccc(Cl)c2)no1)C1CCNC1. The van der Waals surface area contributed by atoms with E-state index < -0.39 is 0 Å². The van der Waals surface area contributed by atoms with Crippen molar-refractivity contribution in [2.45, 2.75) is 13.0 Å². The van der Waals surface area contributed by atoms with Crippen molar-refractivity contribution >= 4 is 17.5 Å². The molecule has 2 N–H and O–H groups in total. The molecule has 3 rings (SSSR count). The summed E-state index contributed by atoms with van der Waals surface area (Å²) in [5, 5.41) is 10.5. The summed E-state index contributed by atoms with van der Waals surface area (Å²) in [6.45, 7) is 1.85. The van der Waals surface area contributed by atoms with E-state index in [1.165, 1.54) is 0 Å². The first kappa shape index (κ1) is 14.0. The van der Waals surface area contributed by atoms with Crippen LogP contribution in [-0.2, 0) is 11.3 Å². The van der Waals surface area contributed by atoms with Crippen LogP contribution in [0.25, 0.3) is 11.4 Å². The van der Waals surface area contributed by atoms with Crippen LogP contribution < -0.4 is 10.6 Å². The minimum absolute atomic E-state index is 0.0162. The predicted molar refractivity (Wildman–Crippen MR) is 77.6 cm³/mol. The standard InChI is InChI=1S/C14H15ClN4O2/c15-11-3-1-2-9(6-11)13-18-12(21-19-13)8-17-14(20)10-4-5-16-7-10/h1-3,6,10,16H,4-5,7-8H2,(H,17,20). The molecule has 1 aliphatic heterocycles. The van der Waals surface area contributed by atoms with Crippen molar-refractivity contribution in [2.75, 3.05) is 13.1 Å². The van der Waals surface area contributed by atoms with Gasteiger partial charge >= 0.3 is 0 Å². The Bertz CT molecular complexity index is 637. The van der Waals surface area contributed by atoms with Gasteiger partial charge in [0.25, 0.3) is 0 Å². The fourth-order valence-electron chi connectivity index (χ4n) is 2.26. The Morgan fingerprint density at radius 3 is 3.19 bits per heavy atom. The molecule has 1 atom stereocenters. The van der Waals surface area contributed by atoms with Crippen molar-refractivity contribution in [2.24, 2.45) is 5.92 Å². The third-order valence-corrected chi connectivity index (χ3v) is 3.63. The van der Waals surface area contributed by atoms with E-state index in [0.29, 0.717) is 16.7 Å². The maximum Gasteiger partial charge on any atom is 0.246 e. The summed E-state index contributed by atoms with van der Waals surface area (Å²) in [5.74, 6) is 0.886. The average molecular weight is 307 g/mol. The Hall–Kier alpha value is -1.92. The molecular formula is C14H15ClN4O2. The monoisotopic (exact) mass is 306 g/mol. The molecule has 0 bridgehead atoms. The lowest BCUT2D eigenvalue weighted by Gasteiger charge is -2.07. The molecule has 0 spiro atoms. The molecule has 110 valence electrons. The van der Waals surface area contributed by atoms with Gasteiger partial charge in [0, 0.05) is 17.1 Å². The summed E-state index contributed by atoms with van der Waals surface area (Å²) < 4.78 is 5.14. The minimum Gasteiger partial charge on any atom is -0.347 e. The highest BCUT2D eigenvalue weighted by atomic mass is 35.5. The smallest absolute Gasteiger partial charge is 0.246 e. The maximum absolute atomic E-state index is 11.9. The van der Waals surface area contributed by atoms with E-state index in [4.69, 9.17) is 16.1 Å². The van der Waals surface area contributed by atoms with Gasteiger partial charge in [0.2, 0.25) is 17.6 Å². The van der Waals surface area contributed by atoms with E-state index in [1.54, 1.807) is 12.1 Å². The van der Waals surface area contributed by atoms with Crippen molar-refractivity contribution in [1.82, 2.24) is 20.8 Å². The van der Waals surface area contributed by atoms with Crippen LogP contribution in [0.3, 0.4) is 0 Å². The van der Waals surface area contributed by atoms with Crippen molar-refractivity contribution < 1.29 is 9.32 Å². The normalized spacial score (nSPS) is 17.9. The van der Waals surface area contributed by atoms with E-state index in [2.05, 4.69) is 20.8 Å². The number of hydrogen-bond acceptors (Lipinski definition) is 5. The van der Waals surface area contributed by atoms with Gasteiger partial charge in [0.05, 0.1) is 12.5 Å². The summed E-state index contributed by atoms with van der Waals surface area (Å²) >= 11 is 5.93. The Morgan fingerprint density at radius 2 is 2.43 bits per heavy atom. The third kappa shape index (κ3) is 3.40. The first-order valence-corrected chi connectivity index (χ1v) is 7.17. The van der Waals surface area contributed by atoms with Crippen LogP contribution in [-0.4, -0.2) is 29.1 Å². The maximum atomic E-state index is 11.9. The van der Waals surface area contributed by atoms with Crippen molar-refractivity contribution in [3.63, 3.8) is 0 Å². The molecule has 0 saturated carbocycles. The van der Waals surface area contributed by atoms with Gasteiger partial charge in [-0.3, -0.25) is 4.79 Å². The molecule has 2 heterocycles. The molecular weight excluding hydrogens is 292 g/mol. The molecule has 1 aliphatic rings. The van der Waals surface area contributed by atoms with Gasteiger partial charge in [-0.15, -0.1) is 0 Å². The van der Waals surface area contributed by atoms with E-state index in [1.807, 2.05) is 12.1 Å². The molecule has 1 aromatic heterocycles. The molecule has 0 aliphatic carbocycles. The number of nitrogens with one attached hydrogen (secondary N) is 2. The van der Waals surface area contributed by atoms with Gasteiger partial charge in [-0.2, -0.15) is 4.98 Å². The highest BCUT2D eigenvalue weighted by Gasteiger charge is 2.22. The number of hydrogen-bond donors (Lipinski definition) is 2. The average Bonchev–Trinajstić information content (AvgIpc) is 3.16. The zero-order valence-electron chi connectivity index (χ0n) is 11.3. The molecule has 1 saturated heterocycles. The van der Waals surface area contributed by atoms with Crippen LogP contribution in [0.5, 0.6) is 0 Å². The summed E-state index contributed by atoms with van der Waals surface area (Å²) in [6.07, 6.45) is 0.865. The van der Waals surface area contributed by atoms with Crippen LogP contribution in [0.15, 0.2) is 28.8 Å². The highest BCUT2D eigenvalue weighted by molar-refractivity contribution is 6.30. The molecule has 1 aromatic carbocycles. The van der Waals surface area contributed by atoms with Gasteiger partial charge in [-0.1, -0.05) is 28.9 Å². The number of amides is 1. The van der Waals surface area contributed by atoms with Crippen LogP contribution in [0.2, 0.25) is 5.02 Å². The lowest BCUT2D eigenvalue weighted by molar-refractivity contribution is -0.124. The Balaban J connectivity index is 1.61. The number of aromatic nitrogens is 2. The van der Waals surface area contributed by atoms with E-state index >= 15 is 0 Å². The van der Waals surface area contributed by atoms with Gasteiger partial charge in [-0.05, 0) is 25.1 Å². The number of carbonyl (C=O) groups excluding carboxylic acids is 1. The topological polar surface area (TPSA) is 80.1 Å². The van der Waals surface area contributed by atoms with E-state index in [-0.39, 0.29) is 18.4 Å². The number of halogens is 1. The predicted octanol–water partition coefficient (Wildman–Crippen LogP) is 1.62. The molecule has 7 heteroatoms.